The maximum atomic E-state index is 15.1. The number of carbonyl (C=O) groups excluding carboxylic acids is 1. The maximum Gasteiger partial charge on any atom is 0.268 e. The number of benzene rings is 1. The smallest absolute Gasteiger partial charge is 0.268 e. The first kappa shape index (κ1) is 26.0. The van der Waals surface area contributed by atoms with Crippen molar-refractivity contribution < 1.29 is 28.0 Å². The number of ether oxygens (including phenoxy) is 1. The molecule has 38 heavy (non-hydrogen) atoms. The molecule has 4 heterocycles. The topological polar surface area (TPSA) is 116 Å². The number of rotatable bonds is 5. The maximum absolute atomic E-state index is 15.1. The Morgan fingerprint density at radius 2 is 1.87 bits per heavy atom. The number of nitrogens with zero attached hydrogens (tertiary/aromatic N) is 5. The summed E-state index contributed by atoms with van der Waals surface area (Å²) in [6.07, 6.45) is 4.85. The number of imidazole rings is 1. The highest BCUT2D eigenvalue weighted by Crippen LogP contribution is 2.40. The number of fused-ring (bicyclic) bond motifs is 2. The van der Waals surface area contributed by atoms with Crippen molar-refractivity contribution in [3.63, 3.8) is 0 Å². The first-order valence-corrected chi connectivity index (χ1v) is 13.3. The summed E-state index contributed by atoms with van der Waals surface area (Å²) in [4.78, 5) is 27.5. The van der Waals surface area contributed by atoms with E-state index in [-0.39, 0.29) is 34.3 Å². The van der Waals surface area contributed by atoms with Crippen molar-refractivity contribution in [3.05, 3.63) is 65.6 Å². The summed E-state index contributed by atoms with van der Waals surface area (Å²) in [6.45, 7) is 6.33. The van der Waals surface area contributed by atoms with E-state index in [1.807, 2.05) is 0 Å². The predicted octanol–water partition coefficient (Wildman–Crippen LogP) is 3.66. The van der Waals surface area contributed by atoms with Gasteiger partial charge in [0.1, 0.15) is 23.3 Å². The van der Waals surface area contributed by atoms with Crippen LogP contribution >= 0.6 is 0 Å². The normalized spacial score (nSPS) is 16.5. The molecule has 3 aromatic heterocycles. The highest BCUT2D eigenvalue weighted by Gasteiger charge is 2.36. The molecule has 0 fully saturated rings. The van der Waals surface area contributed by atoms with Crippen LogP contribution in [0.15, 0.2) is 41.7 Å². The average Bonchev–Trinajstić information content (AvgIpc) is 3.14. The van der Waals surface area contributed by atoms with E-state index in [4.69, 9.17) is 4.74 Å². The second-order valence-corrected chi connectivity index (χ2v) is 11.0. The molecular weight excluding hydrogens is 516 g/mol. The zero-order chi connectivity index (χ0) is 27.5. The van der Waals surface area contributed by atoms with Gasteiger partial charge in [-0.25, -0.2) is 23.7 Å². The zero-order valence-corrected chi connectivity index (χ0v) is 22.1. The molecule has 0 aliphatic carbocycles. The molecule has 5 rings (SSSR count). The molecule has 1 aromatic carbocycles. The van der Waals surface area contributed by atoms with Crippen LogP contribution in [0, 0.1) is 18.6 Å². The SMILES string of the molecule is Cc1nc2cc(F)c(-c3cnc(C(C)(C)O)nc3)cn2c1CN1C(=O)[C@@H](C)Oc2c(F)cc([S+](C)[O-])cc21. The Balaban J connectivity index is 1.61. The van der Waals surface area contributed by atoms with E-state index in [0.717, 1.165) is 6.07 Å². The van der Waals surface area contributed by atoms with Crippen molar-refractivity contribution in [2.45, 2.75) is 50.8 Å². The first-order chi connectivity index (χ1) is 17.8. The summed E-state index contributed by atoms with van der Waals surface area (Å²) in [5, 5.41) is 10.1. The van der Waals surface area contributed by atoms with Crippen molar-refractivity contribution in [1.29, 1.82) is 0 Å². The average molecular weight is 542 g/mol. The third kappa shape index (κ3) is 4.48. The molecule has 198 valence electrons. The van der Waals surface area contributed by atoms with Gasteiger partial charge < -0.3 is 18.8 Å². The number of pyridine rings is 1. The Morgan fingerprint density at radius 1 is 1.18 bits per heavy atom. The molecule has 1 aliphatic rings. The lowest BCUT2D eigenvalue weighted by Crippen LogP contribution is -2.44. The highest BCUT2D eigenvalue weighted by molar-refractivity contribution is 7.90. The molecule has 4 aromatic rings. The highest BCUT2D eigenvalue weighted by atomic mass is 32.2. The van der Waals surface area contributed by atoms with Crippen LogP contribution in [-0.2, 0) is 28.1 Å². The first-order valence-electron chi connectivity index (χ1n) is 11.7. The summed E-state index contributed by atoms with van der Waals surface area (Å²) in [6, 6.07) is 3.88. The summed E-state index contributed by atoms with van der Waals surface area (Å²) in [7, 11) is 0. The Kier molecular flexibility index (Phi) is 6.36. The van der Waals surface area contributed by atoms with Gasteiger partial charge in [0.05, 0.1) is 23.6 Å². The quantitative estimate of drug-likeness (QED) is 0.384. The van der Waals surface area contributed by atoms with Crippen LogP contribution < -0.4 is 9.64 Å². The molecule has 0 bridgehead atoms. The molecule has 0 spiro atoms. The van der Waals surface area contributed by atoms with Gasteiger partial charge in [-0.05, 0) is 38.9 Å². The lowest BCUT2D eigenvalue weighted by molar-refractivity contribution is -0.125. The van der Waals surface area contributed by atoms with E-state index in [2.05, 4.69) is 15.0 Å². The van der Waals surface area contributed by atoms with Crippen LogP contribution in [0.3, 0.4) is 0 Å². The van der Waals surface area contributed by atoms with Gasteiger partial charge in [-0.3, -0.25) is 9.69 Å². The number of aryl methyl sites for hydroxylation is 1. The fourth-order valence-corrected chi connectivity index (χ4v) is 4.88. The lowest BCUT2D eigenvalue weighted by atomic mass is 10.1. The van der Waals surface area contributed by atoms with Gasteiger partial charge in [-0.1, -0.05) is 0 Å². The van der Waals surface area contributed by atoms with Gasteiger partial charge in [0.25, 0.3) is 5.91 Å². The molecule has 1 amide bonds. The predicted molar refractivity (Wildman–Crippen MR) is 136 cm³/mol. The van der Waals surface area contributed by atoms with Crippen LogP contribution in [0.1, 0.15) is 38.0 Å². The molecule has 0 radical (unpaired) electrons. The van der Waals surface area contributed by atoms with Gasteiger partial charge in [0, 0.05) is 47.9 Å². The molecule has 12 heteroatoms. The van der Waals surface area contributed by atoms with Gasteiger partial charge >= 0.3 is 0 Å². The van der Waals surface area contributed by atoms with Crippen molar-refractivity contribution in [1.82, 2.24) is 19.4 Å². The number of halogens is 2. The minimum atomic E-state index is -1.49. The molecule has 0 saturated heterocycles. The number of amides is 1. The van der Waals surface area contributed by atoms with E-state index in [1.165, 1.54) is 48.8 Å². The van der Waals surface area contributed by atoms with Crippen molar-refractivity contribution >= 4 is 28.4 Å². The molecule has 9 nitrogen and oxygen atoms in total. The Labute approximate surface area is 220 Å². The molecule has 0 saturated carbocycles. The van der Waals surface area contributed by atoms with Crippen LogP contribution in [-0.4, -0.2) is 47.3 Å². The summed E-state index contributed by atoms with van der Waals surface area (Å²) >= 11 is -1.49. The fraction of sp³-hybridized carbons (Fsp3) is 0.308. The van der Waals surface area contributed by atoms with Crippen LogP contribution in [0.4, 0.5) is 14.5 Å². The third-order valence-electron chi connectivity index (χ3n) is 6.36. The van der Waals surface area contributed by atoms with Crippen LogP contribution in [0.5, 0.6) is 5.75 Å². The van der Waals surface area contributed by atoms with Crippen LogP contribution in [0.2, 0.25) is 0 Å². The fourth-order valence-electron chi connectivity index (χ4n) is 4.33. The van der Waals surface area contributed by atoms with E-state index in [9.17, 15) is 18.8 Å². The molecular formula is C26H25F2N5O4S. The number of aromatic nitrogens is 4. The second kappa shape index (κ2) is 9.29. The second-order valence-electron chi connectivity index (χ2n) is 9.65. The van der Waals surface area contributed by atoms with Gasteiger partial charge in [0.15, 0.2) is 28.4 Å². The summed E-state index contributed by atoms with van der Waals surface area (Å²) < 4.78 is 49.3. The number of aliphatic hydroxyl groups is 1. The van der Waals surface area contributed by atoms with Gasteiger partial charge in [-0.15, -0.1) is 0 Å². The number of carbonyl (C=O) groups is 1. The monoisotopic (exact) mass is 541 g/mol. The minimum absolute atomic E-state index is 0.0228. The molecule has 1 N–H and O–H groups in total. The van der Waals surface area contributed by atoms with Crippen LogP contribution in [0.25, 0.3) is 16.8 Å². The zero-order valence-electron chi connectivity index (χ0n) is 21.3. The van der Waals surface area contributed by atoms with E-state index in [0.29, 0.717) is 22.6 Å². The van der Waals surface area contributed by atoms with Gasteiger partial charge in [0.2, 0.25) is 0 Å². The molecule has 1 aliphatic heterocycles. The molecule has 2 atom stereocenters. The largest absolute Gasteiger partial charge is 0.612 e. The number of hydrogen-bond acceptors (Lipinski definition) is 7. The minimum Gasteiger partial charge on any atom is -0.612 e. The van der Waals surface area contributed by atoms with Crippen molar-refractivity contribution in [2.24, 2.45) is 0 Å². The summed E-state index contributed by atoms with van der Waals surface area (Å²) in [5.74, 6) is -1.59. The Bertz CT molecular complexity index is 1570. The summed E-state index contributed by atoms with van der Waals surface area (Å²) in [5.41, 5.74) is 0.897. The Morgan fingerprint density at radius 3 is 2.50 bits per heavy atom. The lowest BCUT2D eigenvalue weighted by Gasteiger charge is -2.33. The Hall–Kier alpha value is -3.61. The third-order valence-corrected chi connectivity index (χ3v) is 7.25. The van der Waals surface area contributed by atoms with Gasteiger partial charge in [-0.2, -0.15) is 0 Å². The number of anilines is 1. The van der Waals surface area contributed by atoms with Crippen molar-refractivity contribution in [2.75, 3.05) is 11.2 Å². The number of hydrogen-bond donors (Lipinski definition) is 1. The van der Waals surface area contributed by atoms with E-state index < -0.39 is 40.4 Å². The van der Waals surface area contributed by atoms with E-state index >= 15 is 4.39 Å². The standard InChI is InChI=1S/C26H25F2N5O4S/c1-13-21(12-33-20-7-16(38(5)36)6-19(28)23(20)37-14(2)24(33)34)32-11-17(18(27)8-22(32)31-13)15-9-29-25(30-10-15)26(3,4)35/h6-11,14,35H,12H2,1-5H3/t14-,38?/m1/s1. The van der Waals surface area contributed by atoms with E-state index in [1.54, 1.807) is 25.2 Å². The molecule has 1 unspecified atom stereocenters. The van der Waals surface area contributed by atoms with Crippen molar-refractivity contribution in [3.8, 4) is 16.9 Å².